The number of pyridine rings is 1. The lowest BCUT2D eigenvalue weighted by Gasteiger charge is -2.06. The molecule has 4 nitrogen and oxygen atoms in total. The third kappa shape index (κ3) is 1.89. The SMILES string of the molecule is O=c1[nH]c2cnc3ccc(Br)cc3c2n1-c1ccccc1. The number of rotatable bonds is 1. The predicted octanol–water partition coefficient (Wildman–Crippen LogP) is 3.63. The number of H-pyrrole nitrogens is 1. The van der Waals surface area contributed by atoms with Crippen LogP contribution in [-0.4, -0.2) is 14.5 Å². The summed E-state index contributed by atoms with van der Waals surface area (Å²) in [4.78, 5) is 19.6. The molecule has 0 atom stereocenters. The molecule has 0 saturated carbocycles. The zero-order chi connectivity index (χ0) is 14.4. The first-order valence-corrected chi connectivity index (χ1v) is 7.28. The largest absolute Gasteiger partial charge is 0.331 e. The fraction of sp³-hybridized carbons (Fsp3) is 0. The zero-order valence-corrected chi connectivity index (χ0v) is 12.5. The summed E-state index contributed by atoms with van der Waals surface area (Å²) in [7, 11) is 0. The minimum Gasteiger partial charge on any atom is -0.304 e. The van der Waals surface area contributed by atoms with Crippen molar-refractivity contribution in [1.82, 2.24) is 14.5 Å². The van der Waals surface area contributed by atoms with E-state index in [1.165, 1.54) is 0 Å². The fourth-order valence-electron chi connectivity index (χ4n) is 2.58. The van der Waals surface area contributed by atoms with Gasteiger partial charge in [-0.25, -0.2) is 4.79 Å². The number of benzene rings is 2. The van der Waals surface area contributed by atoms with E-state index in [0.29, 0.717) is 0 Å². The molecule has 0 unspecified atom stereocenters. The third-order valence-electron chi connectivity index (χ3n) is 3.48. The molecule has 2 aromatic carbocycles. The fourth-order valence-corrected chi connectivity index (χ4v) is 2.94. The number of nitrogens with zero attached hydrogens (tertiary/aromatic N) is 2. The predicted molar refractivity (Wildman–Crippen MR) is 86.9 cm³/mol. The molecule has 21 heavy (non-hydrogen) atoms. The second-order valence-electron chi connectivity index (χ2n) is 4.78. The highest BCUT2D eigenvalue weighted by Crippen LogP contribution is 2.26. The van der Waals surface area contributed by atoms with Crippen LogP contribution < -0.4 is 5.69 Å². The maximum Gasteiger partial charge on any atom is 0.331 e. The Labute approximate surface area is 128 Å². The van der Waals surface area contributed by atoms with Crippen molar-refractivity contribution in [1.29, 1.82) is 0 Å². The quantitative estimate of drug-likeness (QED) is 0.575. The summed E-state index contributed by atoms with van der Waals surface area (Å²) in [6.07, 6.45) is 1.70. The van der Waals surface area contributed by atoms with Crippen molar-refractivity contribution in [3.8, 4) is 5.69 Å². The topological polar surface area (TPSA) is 50.7 Å². The Morgan fingerprint density at radius 1 is 1.10 bits per heavy atom. The van der Waals surface area contributed by atoms with Gasteiger partial charge in [0.05, 0.1) is 28.4 Å². The summed E-state index contributed by atoms with van der Waals surface area (Å²) >= 11 is 3.48. The van der Waals surface area contributed by atoms with Gasteiger partial charge in [-0.05, 0) is 30.3 Å². The Balaban J connectivity index is 2.23. The molecule has 102 valence electrons. The molecule has 4 rings (SSSR count). The summed E-state index contributed by atoms with van der Waals surface area (Å²) < 4.78 is 2.64. The molecule has 5 heteroatoms. The number of fused-ring (bicyclic) bond motifs is 3. The molecular weight excluding hydrogens is 330 g/mol. The second kappa shape index (κ2) is 4.56. The second-order valence-corrected chi connectivity index (χ2v) is 5.70. The van der Waals surface area contributed by atoms with Gasteiger partial charge in [0, 0.05) is 9.86 Å². The van der Waals surface area contributed by atoms with Crippen LogP contribution in [0.1, 0.15) is 0 Å². The Morgan fingerprint density at radius 3 is 2.71 bits per heavy atom. The van der Waals surface area contributed by atoms with Crippen LogP contribution in [0.2, 0.25) is 0 Å². The van der Waals surface area contributed by atoms with E-state index >= 15 is 0 Å². The smallest absolute Gasteiger partial charge is 0.304 e. The first-order chi connectivity index (χ1) is 10.2. The normalized spacial score (nSPS) is 11.3. The van der Waals surface area contributed by atoms with Crippen LogP contribution in [0, 0.1) is 0 Å². The van der Waals surface area contributed by atoms with E-state index in [0.717, 1.165) is 32.1 Å². The van der Waals surface area contributed by atoms with Gasteiger partial charge in [0.25, 0.3) is 0 Å². The van der Waals surface area contributed by atoms with Gasteiger partial charge in [-0.3, -0.25) is 9.55 Å². The number of nitrogens with one attached hydrogen (secondary N) is 1. The number of halogens is 1. The molecule has 0 aliphatic heterocycles. The lowest BCUT2D eigenvalue weighted by Crippen LogP contribution is -2.14. The average Bonchev–Trinajstić information content (AvgIpc) is 2.84. The van der Waals surface area contributed by atoms with E-state index in [1.54, 1.807) is 10.8 Å². The van der Waals surface area contributed by atoms with Crippen LogP contribution in [0.4, 0.5) is 0 Å². The first-order valence-electron chi connectivity index (χ1n) is 6.48. The standard InChI is InChI=1S/C16H10BrN3O/c17-10-6-7-13-12(8-10)15-14(9-18-13)19-16(21)20(15)11-4-2-1-3-5-11/h1-9H,(H,19,21). The number of hydrogen-bond acceptors (Lipinski definition) is 2. The molecular formula is C16H10BrN3O. The number of aromatic amines is 1. The van der Waals surface area contributed by atoms with Gasteiger partial charge >= 0.3 is 5.69 Å². The molecule has 0 saturated heterocycles. The Hall–Kier alpha value is -2.40. The summed E-state index contributed by atoms with van der Waals surface area (Å²) in [5, 5.41) is 0.934. The van der Waals surface area contributed by atoms with E-state index in [2.05, 4.69) is 25.9 Å². The highest BCUT2D eigenvalue weighted by Gasteiger charge is 2.12. The summed E-state index contributed by atoms with van der Waals surface area (Å²) in [6.45, 7) is 0. The van der Waals surface area contributed by atoms with Crippen molar-refractivity contribution < 1.29 is 0 Å². The molecule has 2 aromatic heterocycles. The maximum atomic E-state index is 12.3. The lowest BCUT2D eigenvalue weighted by atomic mass is 10.2. The van der Waals surface area contributed by atoms with Crippen LogP contribution in [-0.2, 0) is 0 Å². The molecule has 2 heterocycles. The van der Waals surface area contributed by atoms with Crippen molar-refractivity contribution in [2.24, 2.45) is 0 Å². The van der Waals surface area contributed by atoms with Crippen LogP contribution in [0.3, 0.4) is 0 Å². The van der Waals surface area contributed by atoms with Crippen LogP contribution in [0.5, 0.6) is 0 Å². The molecule has 0 bridgehead atoms. The van der Waals surface area contributed by atoms with Crippen LogP contribution in [0.25, 0.3) is 27.6 Å². The third-order valence-corrected chi connectivity index (χ3v) is 3.98. The highest BCUT2D eigenvalue weighted by atomic mass is 79.9. The Kier molecular flexibility index (Phi) is 2.68. The van der Waals surface area contributed by atoms with Crippen molar-refractivity contribution in [3.05, 3.63) is 69.7 Å². The van der Waals surface area contributed by atoms with Gasteiger partial charge in [0.15, 0.2) is 0 Å². The monoisotopic (exact) mass is 339 g/mol. The van der Waals surface area contributed by atoms with E-state index < -0.39 is 0 Å². The van der Waals surface area contributed by atoms with Crippen molar-refractivity contribution >= 4 is 37.9 Å². The van der Waals surface area contributed by atoms with E-state index in [-0.39, 0.29) is 5.69 Å². The molecule has 0 aliphatic carbocycles. The van der Waals surface area contributed by atoms with Gasteiger partial charge in [-0.1, -0.05) is 34.1 Å². The number of imidazole rings is 1. The molecule has 0 fully saturated rings. The van der Waals surface area contributed by atoms with Crippen molar-refractivity contribution in [2.45, 2.75) is 0 Å². The minimum absolute atomic E-state index is 0.162. The van der Waals surface area contributed by atoms with Gasteiger partial charge < -0.3 is 4.98 Å². The summed E-state index contributed by atoms with van der Waals surface area (Å²) in [5.41, 5.74) is 3.10. The van der Waals surface area contributed by atoms with Crippen LogP contribution in [0.15, 0.2) is 64.0 Å². The van der Waals surface area contributed by atoms with Gasteiger partial charge in [-0.2, -0.15) is 0 Å². The first kappa shape index (κ1) is 12.3. The maximum absolute atomic E-state index is 12.3. The van der Waals surface area contributed by atoms with Crippen molar-refractivity contribution in [2.75, 3.05) is 0 Å². The number of hydrogen-bond donors (Lipinski definition) is 1. The Morgan fingerprint density at radius 2 is 1.90 bits per heavy atom. The van der Waals surface area contributed by atoms with E-state index in [1.807, 2.05) is 48.5 Å². The average molecular weight is 340 g/mol. The molecule has 4 aromatic rings. The van der Waals surface area contributed by atoms with Gasteiger partial charge in [0.1, 0.15) is 0 Å². The Bertz CT molecular complexity index is 1020. The number of aromatic nitrogens is 3. The molecule has 0 aliphatic rings. The van der Waals surface area contributed by atoms with Gasteiger partial charge in [-0.15, -0.1) is 0 Å². The van der Waals surface area contributed by atoms with Crippen LogP contribution >= 0.6 is 15.9 Å². The lowest BCUT2D eigenvalue weighted by molar-refractivity contribution is 1.02. The molecule has 0 radical (unpaired) electrons. The van der Waals surface area contributed by atoms with Crippen molar-refractivity contribution in [3.63, 3.8) is 0 Å². The zero-order valence-electron chi connectivity index (χ0n) is 10.9. The summed E-state index contributed by atoms with van der Waals surface area (Å²) in [5.74, 6) is 0. The number of para-hydroxylation sites is 1. The van der Waals surface area contributed by atoms with E-state index in [9.17, 15) is 4.79 Å². The van der Waals surface area contributed by atoms with E-state index in [4.69, 9.17) is 0 Å². The molecule has 0 spiro atoms. The minimum atomic E-state index is -0.162. The van der Waals surface area contributed by atoms with Gasteiger partial charge in [0.2, 0.25) is 0 Å². The molecule has 1 N–H and O–H groups in total. The summed E-state index contributed by atoms with van der Waals surface area (Å²) in [6, 6.07) is 15.5. The highest BCUT2D eigenvalue weighted by molar-refractivity contribution is 9.10. The molecule has 0 amide bonds.